The topological polar surface area (TPSA) is 15.3 Å². The van der Waals surface area contributed by atoms with Gasteiger partial charge in [0.25, 0.3) is 0 Å². The Hall–Kier alpha value is -0.0800. The fourth-order valence-corrected chi connectivity index (χ4v) is 4.51. The first-order valence-corrected chi connectivity index (χ1v) is 7.68. The maximum Gasteiger partial charge on any atom is 0.0146 e. The first-order chi connectivity index (χ1) is 8.20. The molecule has 3 atom stereocenters. The molecule has 1 spiro atoms. The summed E-state index contributed by atoms with van der Waals surface area (Å²) in [5.41, 5.74) is 1.53. The van der Waals surface area contributed by atoms with Gasteiger partial charge in [0.1, 0.15) is 0 Å². The molecular formula is C15H28N2. The third kappa shape index (κ3) is 1.84. The van der Waals surface area contributed by atoms with Gasteiger partial charge < -0.3 is 10.2 Å². The van der Waals surface area contributed by atoms with E-state index in [0.717, 1.165) is 17.5 Å². The summed E-state index contributed by atoms with van der Waals surface area (Å²) in [6.45, 7) is 10.6. The third-order valence-corrected chi connectivity index (χ3v) is 5.46. The number of nitrogens with one attached hydrogen (secondary N) is 1. The summed E-state index contributed by atoms with van der Waals surface area (Å²) in [6.07, 6.45) is 7.44. The second-order valence-electron chi connectivity index (χ2n) is 6.89. The largest absolute Gasteiger partial charge is 0.311 e. The zero-order chi connectivity index (χ0) is 12.1. The minimum absolute atomic E-state index is 0.713. The quantitative estimate of drug-likeness (QED) is 0.793. The second-order valence-corrected chi connectivity index (χ2v) is 6.89. The van der Waals surface area contributed by atoms with Crippen LogP contribution in [0.3, 0.4) is 0 Å². The Morgan fingerprint density at radius 3 is 2.35 bits per heavy atom. The molecule has 0 amide bonds. The van der Waals surface area contributed by atoms with Crippen LogP contribution >= 0.6 is 0 Å². The maximum atomic E-state index is 3.71. The fourth-order valence-electron chi connectivity index (χ4n) is 4.51. The Balaban J connectivity index is 0.000000431. The van der Waals surface area contributed by atoms with Gasteiger partial charge in [-0.3, -0.25) is 0 Å². The molecule has 0 aromatic carbocycles. The number of likely N-dealkylation sites (tertiary alicyclic amines) is 1. The molecule has 2 aliphatic carbocycles. The predicted molar refractivity (Wildman–Crippen MR) is 72.1 cm³/mol. The van der Waals surface area contributed by atoms with E-state index >= 15 is 0 Å². The van der Waals surface area contributed by atoms with Crippen LogP contribution in [0.2, 0.25) is 0 Å². The van der Waals surface area contributed by atoms with Crippen molar-refractivity contribution < 1.29 is 0 Å². The number of hydrogen-bond acceptors (Lipinski definition) is 2. The van der Waals surface area contributed by atoms with Crippen molar-refractivity contribution in [2.75, 3.05) is 19.6 Å². The van der Waals surface area contributed by atoms with Crippen molar-refractivity contribution in [1.82, 2.24) is 10.2 Å². The van der Waals surface area contributed by atoms with Crippen LogP contribution in [0.25, 0.3) is 0 Å². The highest BCUT2D eigenvalue weighted by atomic mass is 15.2. The Bertz CT molecular complexity index is 289. The average molecular weight is 236 g/mol. The summed E-state index contributed by atoms with van der Waals surface area (Å²) < 4.78 is 0. The van der Waals surface area contributed by atoms with Gasteiger partial charge in [-0.25, -0.2) is 0 Å². The first kappa shape index (κ1) is 12.0. The number of piperidine rings is 1. The van der Waals surface area contributed by atoms with Crippen LogP contribution in [0.15, 0.2) is 0 Å². The number of rotatable bonds is 2. The van der Waals surface area contributed by atoms with Crippen LogP contribution in [0.5, 0.6) is 0 Å². The standard InChI is InChI=1S/C13H22N2.C2H6/c1-10-5-13(6-11(13)14-10)9-15-7-12(8-15)3-2-4-12;1-2/h10-11,14H,2-9H2,1H3;1-2H3. The Morgan fingerprint density at radius 1 is 1.18 bits per heavy atom. The predicted octanol–water partition coefficient (Wildman–Crippen LogP) is 2.64. The fraction of sp³-hybridized carbons (Fsp3) is 1.00. The molecule has 0 aromatic heterocycles. The lowest BCUT2D eigenvalue weighted by Gasteiger charge is -2.57. The van der Waals surface area contributed by atoms with E-state index in [0.29, 0.717) is 5.41 Å². The highest BCUT2D eigenvalue weighted by Crippen LogP contribution is 2.57. The van der Waals surface area contributed by atoms with E-state index in [1.807, 2.05) is 13.8 Å². The van der Waals surface area contributed by atoms with Crippen LogP contribution in [0.1, 0.15) is 52.9 Å². The summed E-state index contributed by atoms with van der Waals surface area (Å²) in [5, 5.41) is 3.71. The van der Waals surface area contributed by atoms with E-state index in [1.165, 1.54) is 51.7 Å². The van der Waals surface area contributed by atoms with E-state index in [2.05, 4.69) is 17.1 Å². The van der Waals surface area contributed by atoms with Gasteiger partial charge in [0.2, 0.25) is 0 Å². The van der Waals surface area contributed by atoms with E-state index < -0.39 is 0 Å². The summed E-state index contributed by atoms with van der Waals surface area (Å²) in [6, 6.07) is 1.66. The summed E-state index contributed by atoms with van der Waals surface area (Å²) >= 11 is 0. The van der Waals surface area contributed by atoms with Gasteiger partial charge >= 0.3 is 0 Å². The third-order valence-electron chi connectivity index (χ3n) is 5.46. The van der Waals surface area contributed by atoms with Crippen LogP contribution in [0, 0.1) is 10.8 Å². The average Bonchev–Trinajstić information content (AvgIpc) is 2.75. The monoisotopic (exact) mass is 236 g/mol. The lowest BCUT2D eigenvalue weighted by atomic mass is 9.63. The smallest absolute Gasteiger partial charge is 0.0146 e. The van der Waals surface area contributed by atoms with Gasteiger partial charge in [-0.2, -0.15) is 0 Å². The molecule has 0 aromatic rings. The first-order valence-electron chi connectivity index (χ1n) is 7.68. The molecule has 2 heteroatoms. The van der Waals surface area contributed by atoms with E-state index in [4.69, 9.17) is 0 Å². The normalized spacial score (nSPS) is 45.4. The SMILES string of the molecule is CC.CC1CC2(CN3CC4(CCC4)C3)CC2N1. The molecule has 4 fully saturated rings. The van der Waals surface area contributed by atoms with Crippen LogP contribution in [-0.2, 0) is 0 Å². The van der Waals surface area contributed by atoms with Gasteiger partial charge in [0.15, 0.2) is 0 Å². The van der Waals surface area contributed by atoms with Crippen LogP contribution < -0.4 is 5.32 Å². The minimum Gasteiger partial charge on any atom is -0.311 e. The molecule has 98 valence electrons. The van der Waals surface area contributed by atoms with Crippen molar-refractivity contribution in [2.45, 2.75) is 65.0 Å². The zero-order valence-corrected chi connectivity index (χ0v) is 11.8. The molecule has 2 saturated carbocycles. The summed E-state index contributed by atoms with van der Waals surface area (Å²) in [5.74, 6) is 0. The van der Waals surface area contributed by atoms with Crippen molar-refractivity contribution in [2.24, 2.45) is 10.8 Å². The molecule has 4 rings (SSSR count). The van der Waals surface area contributed by atoms with Gasteiger partial charge in [0, 0.05) is 37.1 Å². The number of hydrogen-bond donors (Lipinski definition) is 1. The molecule has 3 unspecified atom stereocenters. The molecule has 2 heterocycles. The Morgan fingerprint density at radius 2 is 1.88 bits per heavy atom. The Labute approximate surface area is 106 Å². The van der Waals surface area contributed by atoms with Crippen molar-refractivity contribution in [1.29, 1.82) is 0 Å². The molecule has 2 saturated heterocycles. The van der Waals surface area contributed by atoms with Crippen molar-refractivity contribution in [3.8, 4) is 0 Å². The summed E-state index contributed by atoms with van der Waals surface area (Å²) in [4.78, 5) is 2.74. The maximum absolute atomic E-state index is 3.71. The number of fused-ring (bicyclic) bond motifs is 1. The lowest BCUT2D eigenvalue weighted by molar-refractivity contribution is -0.0687. The van der Waals surface area contributed by atoms with Crippen LogP contribution in [0.4, 0.5) is 0 Å². The van der Waals surface area contributed by atoms with Gasteiger partial charge in [-0.05, 0) is 38.0 Å². The molecule has 0 radical (unpaired) electrons. The highest BCUT2D eigenvalue weighted by Gasteiger charge is 2.61. The molecule has 2 aliphatic heterocycles. The molecule has 1 N–H and O–H groups in total. The molecule has 2 nitrogen and oxygen atoms in total. The lowest BCUT2D eigenvalue weighted by Crippen LogP contribution is -2.60. The molecular weight excluding hydrogens is 208 g/mol. The van der Waals surface area contributed by atoms with E-state index in [1.54, 1.807) is 0 Å². The van der Waals surface area contributed by atoms with Crippen molar-refractivity contribution in [3.63, 3.8) is 0 Å². The minimum atomic E-state index is 0.713. The molecule has 0 bridgehead atoms. The van der Waals surface area contributed by atoms with Gasteiger partial charge in [-0.15, -0.1) is 0 Å². The Kier molecular flexibility index (Phi) is 2.79. The van der Waals surface area contributed by atoms with Crippen molar-refractivity contribution >= 4 is 0 Å². The van der Waals surface area contributed by atoms with Crippen molar-refractivity contribution in [3.05, 3.63) is 0 Å². The van der Waals surface area contributed by atoms with E-state index in [-0.39, 0.29) is 0 Å². The highest BCUT2D eigenvalue weighted by molar-refractivity contribution is 5.17. The molecule has 17 heavy (non-hydrogen) atoms. The van der Waals surface area contributed by atoms with Crippen LogP contribution in [-0.4, -0.2) is 36.6 Å². The number of nitrogens with zero attached hydrogens (tertiary/aromatic N) is 1. The second kappa shape index (κ2) is 3.96. The summed E-state index contributed by atoms with van der Waals surface area (Å²) in [7, 11) is 0. The zero-order valence-electron chi connectivity index (χ0n) is 11.8. The molecule has 4 aliphatic rings. The van der Waals surface area contributed by atoms with Gasteiger partial charge in [0.05, 0.1) is 0 Å². The van der Waals surface area contributed by atoms with E-state index in [9.17, 15) is 0 Å². The van der Waals surface area contributed by atoms with Gasteiger partial charge in [-0.1, -0.05) is 20.3 Å².